The first-order valence-corrected chi connectivity index (χ1v) is 18.6. The molecule has 9 rings (SSSR count). The molecule has 56 heavy (non-hydrogen) atoms. The van der Waals surface area contributed by atoms with E-state index in [0.29, 0.717) is 23.0 Å². The van der Waals surface area contributed by atoms with E-state index in [1.54, 1.807) is 0 Å². The molecular weight excluding hydrogens is 683 g/mol. The number of hydrogen-bond acceptors (Lipinski definition) is 5. The molecule has 0 bridgehead atoms. The van der Waals surface area contributed by atoms with Crippen LogP contribution in [0.5, 0.6) is 0 Å². The van der Waals surface area contributed by atoms with E-state index < -0.39 is 0 Å². The third kappa shape index (κ3) is 6.72. The molecular formula is C51H35N5. The van der Waals surface area contributed by atoms with Crippen molar-refractivity contribution in [3.63, 3.8) is 0 Å². The van der Waals surface area contributed by atoms with Gasteiger partial charge in [-0.3, -0.25) is 4.98 Å². The first-order valence-electron chi connectivity index (χ1n) is 18.6. The normalized spacial score (nSPS) is 11.0. The van der Waals surface area contributed by atoms with Crippen molar-refractivity contribution in [3.05, 3.63) is 193 Å². The van der Waals surface area contributed by atoms with Crippen molar-refractivity contribution in [1.29, 1.82) is 5.26 Å². The SMILES string of the molecule is Cc1ccc(-c2ccc(-c3nc(-c4ccccc4)nc(-c4ccc(-c5ccc(-c6ccc(-c7ccc(C#N)cc7)cc6)c6ccccc56)cc4)n3)cc2)c(C)n1. The first-order chi connectivity index (χ1) is 27.5. The van der Waals surface area contributed by atoms with Crippen LogP contribution in [0.4, 0.5) is 0 Å². The van der Waals surface area contributed by atoms with Crippen molar-refractivity contribution in [2.75, 3.05) is 0 Å². The van der Waals surface area contributed by atoms with Crippen molar-refractivity contribution >= 4 is 10.8 Å². The predicted octanol–water partition coefficient (Wildman–Crippen LogP) is 12.6. The molecule has 264 valence electrons. The van der Waals surface area contributed by atoms with E-state index in [2.05, 4.69) is 126 Å². The molecule has 0 aliphatic carbocycles. The molecule has 0 saturated carbocycles. The van der Waals surface area contributed by atoms with Crippen molar-refractivity contribution in [2.24, 2.45) is 0 Å². The molecule has 0 fully saturated rings. The third-order valence-electron chi connectivity index (χ3n) is 10.3. The molecule has 0 radical (unpaired) electrons. The summed E-state index contributed by atoms with van der Waals surface area (Å²) < 4.78 is 0. The van der Waals surface area contributed by atoms with Crippen LogP contribution in [0.15, 0.2) is 176 Å². The Bertz CT molecular complexity index is 2890. The molecule has 5 heteroatoms. The maximum Gasteiger partial charge on any atom is 0.164 e. The molecule has 2 aromatic heterocycles. The molecule has 0 saturated heterocycles. The monoisotopic (exact) mass is 717 g/mol. The molecule has 0 aliphatic rings. The molecule has 5 nitrogen and oxygen atoms in total. The lowest BCUT2D eigenvalue weighted by Crippen LogP contribution is -2.00. The number of nitriles is 1. The van der Waals surface area contributed by atoms with Crippen LogP contribution < -0.4 is 0 Å². The number of nitrogens with zero attached hydrogens (tertiary/aromatic N) is 5. The third-order valence-corrected chi connectivity index (χ3v) is 10.3. The van der Waals surface area contributed by atoms with Gasteiger partial charge in [0.1, 0.15) is 0 Å². The van der Waals surface area contributed by atoms with E-state index in [4.69, 9.17) is 15.0 Å². The molecule has 0 spiro atoms. The van der Waals surface area contributed by atoms with Crippen LogP contribution in [-0.4, -0.2) is 19.9 Å². The number of fused-ring (bicyclic) bond motifs is 1. The fourth-order valence-electron chi connectivity index (χ4n) is 7.32. The lowest BCUT2D eigenvalue weighted by atomic mass is 9.91. The molecule has 0 N–H and O–H groups in total. The predicted molar refractivity (Wildman–Crippen MR) is 227 cm³/mol. The van der Waals surface area contributed by atoms with Crippen molar-refractivity contribution in [3.8, 4) is 84.7 Å². The van der Waals surface area contributed by atoms with Crippen LogP contribution in [0.2, 0.25) is 0 Å². The van der Waals surface area contributed by atoms with Crippen molar-refractivity contribution in [1.82, 2.24) is 19.9 Å². The second-order valence-corrected chi connectivity index (χ2v) is 13.9. The van der Waals surface area contributed by atoms with Crippen LogP contribution in [0, 0.1) is 25.2 Å². The summed E-state index contributed by atoms with van der Waals surface area (Å²) in [6.45, 7) is 4.06. The van der Waals surface area contributed by atoms with Gasteiger partial charge in [-0.05, 0) is 81.8 Å². The molecule has 2 heterocycles. The Hall–Kier alpha value is -7.55. The lowest BCUT2D eigenvalue weighted by Gasteiger charge is -2.13. The van der Waals surface area contributed by atoms with E-state index in [-0.39, 0.29) is 0 Å². The molecule has 0 unspecified atom stereocenters. The average Bonchev–Trinajstić information content (AvgIpc) is 3.26. The summed E-state index contributed by atoms with van der Waals surface area (Å²) in [6, 6.07) is 62.7. The van der Waals surface area contributed by atoms with Crippen molar-refractivity contribution < 1.29 is 0 Å². The molecule has 9 aromatic rings. The lowest BCUT2D eigenvalue weighted by molar-refractivity contribution is 1.07. The Labute approximate surface area is 326 Å². The maximum atomic E-state index is 9.17. The molecule has 0 aliphatic heterocycles. The second-order valence-electron chi connectivity index (χ2n) is 13.9. The summed E-state index contributed by atoms with van der Waals surface area (Å²) in [7, 11) is 0. The van der Waals surface area contributed by atoms with Gasteiger partial charge in [-0.25, -0.2) is 15.0 Å². The van der Waals surface area contributed by atoms with Gasteiger partial charge in [0.2, 0.25) is 0 Å². The first kappa shape index (κ1) is 34.2. The number of benzene rings is 7. The fraction of sp³-hybridized carbons (Fsp3) is 0.0392. The van der Waals surface area contributed by atoms with Crippen LogP contribution >= 0.6 is 0 Å². The summed E-state index contributed by atoms with van der Waals surface area (Å²) in [4.78, 5) is 19.6. The highest BCUT2D eigenvalue weighted by atomic mass is 15.0. The van der Waals surface area contributed by atoms with Gasteiger partial charge in [-0.2, -0.15) is 5.26 Å². The zero-order chi connectivity index (χ0) is 38.0. The second kappa shape index (κ2) is 14.7. The van der Waals surface area contributed by atoms with Crippen LogP contribution in [0.25, 0.3) is 89.4 Å². The van der Waals surface area contributed by atoms with Gasteiger partial charge >= 0.3 is 0 Å². The zero-order valence-electron chi connectivity index (χ0n) is 31.0. The molecule has 0 amide bonds. The van der Waals surface area contributed by atoms with Gasteiger partial charge in [0.25, 0.3) is 0 Å². The Morgan fingerprint density at radius 2 is 0.714 bits per heavy atom. The molecule has 0 atom stereocenters. The van der Waals surface area contributed by atoms with Gasteiger partial charge in [-0.15, -0.1) is 0 Å². The quantitative estimate of drug-likeness (QED) is 0.164. The standard InChI is InChI=1S/C51H35N5/c1-33-12-29-44(34(2)53-33)38-21-25-42(26-22-38)50-54-49(41-8-4-3-5-9-41)55-51(56-50)43-27-23-40(24-28-43)46-31-30-45(47-10-6-7-11-48(46)47)39-19-17-37(18-20-39)36-15-13-35(32-52)14-16-36/h3-31H,1-2H3. The summed E-state index contributed by atoms with van der Waals surface area (Å²) in [6.07, 6.45) is 0. The highest BCUT2D eigenvalue weighted by molar-refractivity contribution is 6.05. The Kier molecular flexibility index (Phi) is 8.99. The summed E-state index contributed by atoms with van der Waals surface area (Å²) in [5.41, 5.74) is 14.4. The zero-order valence-corrected chi connectivity index (χ0v) is 31.0. The smallest absolute Gasteiger partial charge is 0.164 e. The van der Waals surface area contributed by atoms with Crippen molar-refractivity contribution in [2.45, 2.75) is 13.8 Å². The fourth-order valence-corrected chi connectivity index (χ4v) is 7.32. The number of aryl methyl sites for hydroxylation is 2. The summed E-state index contributed by atoms with van der Waals surface area (Å²) in [5, 5.41) is 11.5. The minimum absolute atomic E-state index is 0.618. The van der Waals surface area contributed by atoms with E-state index in [1.165, 1.54) is 16.3 Å². The maximum absolute atomic E-state index is 9.17. The van der Waals surface area contributed by atoms with Gasteiger partial charge in [-0.1, -0.05) is 158 Å². The number of aromatic nitrogens is 4. The van der Waals surface area contributed by atoms with E-state index in [1.807, 2.05) is 74.5 Å². The van der Waals surface area contributed by atoms with Gasteiger partial charge in [0.05, 0.1) is 11.6 Å². The van der Waals surface area contributed by atoms with Gasteiger partial charge in [0.15, 0.2) is 17.5 Å². The summed E-state index contributed by atoms with van der Waals surface area (Å²) in [5.74, 6) is 1.87. The minimum Gasteiger partial charge on any atom is -0.258 e. The van der Waals surface area contributed by atoms with E-state index >= 15 is 0 Å². The number of rotatable bonds is 7. The minimum atomic E-state index is 0.618. The summed E-state index contributed by atoms with van der Waals surface area (Å²) >= 11 is 0. The average molecular weight is 718 g/mol. The van der Waals surface area contributed by atoms with Gasteiger partial charge in [0, 0.05) is 33.6 Å². The largest absolute Gasteiger partial charge is 0.258 e. The Morgan fingerprint density at radius 3 is 1.18 bits per heavy atom. The topological polar surface area (TPSA) is 75.3 Å². The molecule has 7 aromatic carbocycles. The number of hydrogen-bond donors (Lipinski definition) is 0. The highest BCUT2D eigenvalue weighted by Gasteiger charge is 2.15. The Morgan fingerprint density at radius 1 is 0.339 bits per heavy atom. The van der Waals surface area contributed by atoms with Crippen LogP contribution in [-0.2, 0) is 0 Å². The van der Waals surface area contributed by atoms with E-state index in [0.717, 1.165) is 67.0 Å². The highest BCUT2D eigenvalue weighted by Crippen LogP contribution is 2.37. The van der Waals surface area contributed by atoms with Gasteiger partial charge < -0.3 is 0 Å². The van der Waals surface area contributed by atoms with Crippen LogP contribution in [0.3, 0.4) is 0 Å². The number of pyridine rings is 1. The van der Waals surface area contributed by atoms with Crippen LogP contribution in [0.1, 0.15) is 17.0 Å². The Balaban J connectivity index is 1.04. The van der Waals surface area contributed by atoms with E-state index in [9.17, 15) is 5.26 Å².